The van der Waals surface area contributed by atoms with Crippen LogP contribution in [-0.4, -0.2) is 36.2 Å². The summed E-state index contributed by atoms with van der Waals surface area (Å²) < 4.78 is 0. The summed E-state index contributed by atoms with van der Waals surface area (Å²) in [5.41, 5.74) is 0.219. The van der Waals surface area contributed by atoms with E-state index in [1.165, 1.54) is 0 Å². The van der Waals surface area contributed by atoms with Gasteiger partial charge in [0.25, 0.3) is 0 Å². The summed E-state index contributed by atoms with van der Waals surface area (Å²) in [6.45, 7) is 6.77. The van der Waals surface area contributed by atoms with Gasteiger partial charge in [-0.05, 0) is 24.5 Å². The average Bonchev–Trinajstić information content (AvgIpc) is 2.04. The lowest BCUT2D eigenvalue weighted by atomic mass is 10.2. The first-order valence-electron chi connectivity index (χ1n) is 4.18. The molecule has 13 heavy (non-hydrogen) atoms. The molecule has 1 unspecified atom stereocenters. The van der Waals surface area contributed by atoms with E-state index in [4.69, 9.17) is 5.11 Å². The Morgan fingerprint density at radius 2 is 2.31 bits per heavy atom. The van der Waals surface area contributed by atoms with Crippen molar-refractivity contribution in [3.63, 3.8) is 0 Å². The highest BCUT2D eigenvalue weighted by Gasteiger charge is 2.04. The zero-order valence-electron chi connectivity index (χ0n) is 8.17. The lowest BCUT2D eigenvalue weighted by Gasteiger charge is -2.10. The predicted molar refractivity (Wildman–Crippen MR) is 57.2 cm³/mol. The quantitative estimate of drug-likeness (QED) is 0.611. The third-order valence-corrected chi connectivity index (χ3v) is 2.49. The molecule has 0 heterocycles. The van der Waals surface area contributed by atoms with Crippen LogP contribution in [0, 0.1) is 5.92 Å². The van der Waals surface area contributed by atoms with Crippen LogP contribution < -0.4 is 5.32 Å². The van der Waals surface area contributed by atoms with E-state index in [9.17, 15) is 4.79 Å². The number of thioether (sulfide) groups is 1. The van der Waals surface area contributed by atoms with Gasteiger partial charge in [-0.1, -0.05) is 13.5 Å². The fourth-order valence-electron chi connectivity index (χ4n) is 0.889. The minimum Gasteiger partial charge on any atom is -0.478 e. The van der Waals surface area contributed by atoms with Gasteiger partial charge in [0.15, 0.2) is 0 Å². The van der Waals surface area contributed by atoms with Gasteiger partial charge in [-0.25, -0.2) is 4.79 Å². The molecule has 76 valence electrons. The number of carbonyl (C=O) groups is 1. The molecule has 0 aliphatic heterocycles. The van der Waals surface area contributed by atoms with Gasteiger partial charge >= 0.3 is 5.97 Å². The van der Waals surface area contributed by atoms with Crippen molar-refractivity contribution in [3.8, 4) is 0 Å². The van der Waals surface area contributed by atoms with Crippen LogP contribution >= 0.6 is 11.8 Å². The maximum Gasteiger partial charge on any atom is 0.332 e. The first-order valence-corrected chi connectivity index (χ1v) is 5.58. The molecule has 0 aliphatic carbocycles. The number of carboxylic acids is 1. The second kappa shape index (κ2) is 6.97. The molecule has 1 atom stereocenters. The molecule has 0 saturated heterocycles. The minimum absolute atomic E-state index is 0.219. The van der Waals surface area contributed by atoms with Crippen molar-refractivity contribution in [2.45, 2.75) is 6.92 Å². The summed E-state index contributed by atoms with van der Waals surface area (Å²) in [7, 11) is 0. The largest absolute Gasteiger partial charge is 0.478 e. The molecule has 0 aromatic rings. The van der Waals surface area contributed by atoms with Gasteiger partial charge in [0, 0.05) is 12.1 Å². The van der Waals surface area contributed by atoms with Gasteiger partial charge in [-0.2, -0.15) is 11.8 Å². The van der Waals surface area contributed by atoms with E-state index in [2.05, 4.69) is 25.1 Å². The van der Waals surface area contributed by atoms with Crippen molar-refractivity contribution in [1.29, 1.82) is 0 Å². The fraction of sp³-hybridized carbons (Fsp3) is 0.667. The number of carboxylic acid groups (broad SMARTS) is 1. The summed E-state index contributed by atoms with van der Waals surface area (Å²) in [6, 6.07) is 0. The van der Waals surface area contributed by atoms with Crippen LogP contribution in [0.25, 0.3) is 0 Å². The SMILES string of the molecule is C=C(CNCC(C)CSC)C(=O)O. The Hall–Kier alpha value is -0.480. The number of hydrogen-bond acceptors (Lipinski definition) is 3. The molecular formula is C9H17NO2S. The summed E-state index contributed by atoms with van der Waals surface area (Å²) in [5, 5.41) is 11.6. The minimum atomic E-state index is -0.926. The Labute approximate surface area is 83.6 Å². The molecule has 3 nitrogen and oxygen atoms in total. The third-order valence-electron chi connectivity index (χ3n) is 1.58. The Bertz CT molecular complexity index is 182. The van der Waals surface area contributed by atoms with Crippen LogP contribution in [0.4, 0.5) is 0 Å². The number of hydrogen-bond donors (Lipinski definition) is 2. The first-order chi connectivity index (χ1) is 6.07. The van der Waals surface area contributed by atoms with Crippen molar-refractivity contribution in [1.82, 2.24) is 5.32 Å². The van der Waals surface area contributed by atoms with Crippen LogP contribution in [0.15, 0.2) is 12.2 Å². The molecule has 0 aliphatic rings. The van der Waals surface area contributed by atoms with Crippen molar-refractivity contribution in [2.75, 3.05) is 25.1 Å². The van der Waals surface area contributed by atoms with Gasteiger partial charge in [-0.3, -0.25) is 0 Å². The van der Waals surface area contributed by atoms with Crippen molar-refractivity contribution in [2.24, 2.45) is 5.92 Å². The molecule has 0 radical (unpaired) electrons. The number of aliphatic carboxylic acids is 1. The zero-order valence-corrected chi connectivity index (χ0v) is 8.99. The van der Waals surface area contributed by atoms with E-state index < -0.39 is 5.97 Å². The molecular weight excluding hydrogens is 186 g/mol. The molecule has 0 spiro atoms. The normalized spacial score (nSPS) is 12.5. The first kappa shape index (κ1) is 12.5. The maximum atomic E-state index is 10.4. The van der Waals surface area contributed by atoms with E-state index in [1.54, 1.807) is 11.8 Å². The highest BCUT2D eigenvalue weighted by Crippen LogP contribution is 2.02. The highest BCUT2D eigenvalue weighted by atomic mass is 32.2. The van der Waals surface area contributed by atoms with Crippen molar-refractivity contribution >= 4 is 17.7 Å². The van der Waals surface area contributed by atoms with Crippen molar-refractivity contribution < 1.29 is 9.90 Å². The Kier molecular flexibility index (Phi) is 6.72. The Balaban J connectivity index is 3.44. The summed E-state index contributed by atoms with van der Waals surface area (Å²) >= 11 is 1.80. The standard InChI is InChI=1S/C9H17NO2S/c1-7(6-13-3)4-10-5-8(2)9(11)12/h7,10H,2,4-6H2,1,3H3,(H,11,12). The summed E-state index contributed by atoms with van der Waals surface area (Å²) in [4.78, 5) is 10.4. The second-order valence-electron chi connectivity index (χ2n) is 3.10. The van der Waals surface area contributed by atoms with Gasteiger partial charge in [-0.15, -0.1) is 0 Å². The second-order valence-corrected chi connectivity index (χ2v) is 4.01. The zero-order chi connectivity index (χ0) is 10.3. The van der Waals surface area contributed by atoms with E-state index in [0.29, 0.717) is 12.5 Å². The van der Waals surface area contributed by atoms with E-state index in [-0.39, 0.29) is 5.57 Å². The molecule has 0 rings (SSSR count). The molecule has 4 heteroatoms. The molecule has 0 bridgehead atoms. The van der Waals surface area contributed by atoms with E-state index >= 15 is 0 Å². The molecule has 0 saturated carbocycles. The van der Waals surface area contributed by atoms with Gasteiger partial charge in [0.05, 0.1) is 0 Å². The monoisotopic (exact) mass is 203 g/mol. The molecule has 0 fully saturated rings. The van der Waals surface area contributed by atoms with Crippen LogP contribution in [-0.2, 0) is 4.79 Å². The van der Waals surface area contributed by atoms with Gasteiger partial charge in [0.2, 0.25) is 0 Å². The van der Waals surface area contributed by atoms with Gasteiger partial charge < -0.3 is 10.4 Å². The van der Waals surface area contributed by atoms with Crippen LogP contribution in [0.1, 0.15) is 6.92 Å². The Morgan fingerprint density at radius 3 is 2.77 bits per heavy atom. The average molecular weight is 203 g/mol. The molecule has 2 N–H and O–H groups in total. The van der Waals surface area contributed by atoms with E-state index in [0.717, 1.165) is 12.3 Å². The molecule has 0 aromatic carbocycles. The number of nitrogens with one attached hydrogen (secondary N) is 1. The smallest absolute Gasteiger partial charge is 0.332 e. The summed E-state index contributed by atoms with van der Waals surface area (Å²) in [6.07, 6.45) is 2.06. The lowest BCUT2D eigenvalue weighted by Crippen LogP contribution is -2.26. The van der Waals surface area contributed by atoms with Crippen LogP contribution in [0.2, 0.25) is 0 Å². The predicted octanol–water partition coefficient (Wildman–Crippen LogP) is 1.22. The molecule has 0 aromatic heterocycles. The summed E-state index contributed by atoms with van der Waals surface area (Å²) in [5.74, 6) is 0.730. The fourth-order valence-corrected chi connectivity index (χ4v) is 1.58. The lowest BCUT2D eigenvalue weighted by molar-refractivity contribution is -0.132. The highest BCUT2D eigenvalue weighted by molar-refractivity contribution is 7.98. The van der Waals surface area contributed by atoms with Crippen LogP contribution in [0.3, 0.4) is 0 Å². The van der Waals surface area contributed by atoms with Crippen molar-refractivity contribution in [3.05, 3.63) is 12.2 Å². The topological polar surface area (TPSA) is 49.3 Å². The van der Waals surface area contributed by atoms with E-state index in [1.807, 2.05) is 0 Å². The Morgan fingerprint density at radius 1 is 1.69 bits per heavy atom. The maximum absolute atomic E-state index is 10.4. The van der Waals surface area contributed by atoms with Crippen LogP contribution in [0.5, 0.6) is 0 Å². The number of rotatable bonds is 7. The van der Waals surface area contributed by atoms with Gasteiger partial charge in [0.1, 0.15) is 0 Å². The third kappa shape index (κ3) is 6.66. The molecule has 0 amide bonds.